The van der Waals surface area contributed by atoms with Crippen molar-refractivity contribution in [1.82, 2.24) is 0 Å². The third-order valence-corrected chi connectivity index (χ3v) is 6.75. The average molecular weight is 546 g/mol. The van der Waals surface area contributed by atoms with Crippen LogP contribution in [0.1, 0.15) is 28.3 Å². The SMILES string of the molecule is COc1cc(C(C(N)=O)N(Cc2ccccc2)c2ccc(C#N)cc2)ccc1OCc1c(Cl)cccc1Cl. The number of halogens is 2. The molecule has 0 aromatic heterocycles. The Kier molecular flexibility index (Phi) is 8.75. The lowest BCUT2D eigenvalue weighted by atomic mass is 10.0. The second kappa shape index (κ2) is 12.4. The van der Waals surface area contributed by atoms with Crippen LogP contribution < -0.4 is 20.1 Å². The van der Waals surface area contributed by atoms with Gasteiger partial charge >= 0.3 is 0 Å². The first-order valence-electron chi connectivity index (χ1n) is 11.7. The van der Waals surface area contributed by atoms with Crippen LogP contribution in [0.2, 0.25) is 10.0 Å². The number of methoxy groups -OCH3 is 1. The molecule has 0 saturated heterocycles. The zero-order valence-electron chi connectivity index (χ0n) is 20.6. The van der Waals surface area contributed by atoms with Crippen LogP contribution in [0, 0.1) is 11.3 Å². The summed E-state index contributed by atoms with van der Waals surface area (Å²) in [5.74, 6) is 0.351. The lowest BCUT2D eigenvalue weighted by Gasteiger charge is -2.32. The summed E-state index contributed by atoms with van der Waals surface area (Å²) in [5.41, 5.74) is 9.51. The van der Waals surface area contributed by atoms with Gasteiger partial charge in [0.25, 0.3) is 0 Å². The zero-order chi connectivity index (χ0) is 27.1. The molecule has 1 unspecified atom stereocenters. The number of ether oxygens (including phenoxy) is 2. The second-order valence-electron chi connectivity index (χ2n) is 8.48. The van der Waals surface area contributed by atoms with Crippen LogP contribution in [0.15, 0.2) is 91.0 Å². The minimum absolute atomic E-state index is 0.138. The van der Waals surface area contributed by atoms with E-state index in [1.165, 1.54) is 7.11 Å². The van der Waals surface area contributed by atoms with Gasteiger partial charge in [0.2, 0.25) is 5.91 Å². The average Bonchev–Trinajstić information content (AvgIpc) is 2.93. The van der Waals surface area contributed by atoms with Gasteiger partial charge in [-0.25, -0.2) is 0 Å². The summed E-state index contributed by atoms with van der Waals surface area (Å²) in [4.78, 5) is 14.8. The van der Waals surface area contributed by atoms with Crippen molar-refractivity contribution >= 4 is 34.8 Å². The van der Waals surface area contributed by atoms with E-state index in [0.717, 1.165) is 11.3 Å². The van der Waals surface area contributed by atoms with E-state index in [0.29, 0.717) is 44.8 Å². The molecule has 6 nitrogen and oxygen atoms in total. The van der Waals surface area contributed by atoms with Gasteiger partial charge < -0.3 is 20.1 Å². The lowest BCUT2D eigenvalue weighted by Crippen LogP contribution is -2.37. The maximum Gasteiger partial charge on any atom is 0.244 e. The molecule has 2 N–H and O–H groups in total. The fraction of sp³-hybridized carbons (Fsp3) is 0.133. The van der Waals surface area contributed by atoms with Crippen molar-refractivity contribution in [3.63, 3.8) is 0 Å². The Hall–Kier alpha value is -4.18. The zero-order valence-corrected chi connectivity index (χ0v) is 22.1. The number of nitrogens with two attached hydrogens (primary N) is 1. The fourth-order valence-electron chi connectivity index (χ4n) is 4.13. The topological polar surface area (TPSA) is 88.6 Å². The molecule has 0 spiro atoms. The molecule has 0 bridgehead atoms. The number of amides is 1. The van der Waals surface area contributed by atoms with Crippen molar-refractivity contribution in [3.8, 4) is 17.6 Å². The smallest absolute Gasteiger partial charge is 0.244 e. The van der Waals surface area contributed by atoms with Gasteiger partial charge in [-0.15, -0.1) is 0 Å². The summed E-state index contributed by atoms with van der Waals surface area (Å²) in [7, 11) is 1.52. The molecule has 0 aliphatic carbocycles. The third-order valence-electron chi connectivity index (χ3n) is 6.04. The normalized spacial score (nSPS) is 11.3. The Morgan fingerprint density at radius 3 is 2.24 bits per heavy atom. The number of carbonyl (C=O) groups is 1. The van der Waals surface area contributed by atoms with Crippen molar-refractivity contribution in [2.45, 2.75) is 19.2 Å². The predicted octanol–water partition coefficient (Wildman–Crippen LogP) is 6.69. The molecular weight excluding hydrogens is 521 g/mol. The fourth-order valence-corrected chi connectivity index (χ4v) is 4.64. The van der Waals surface area contributed by atoms with Gasteiger partial charge in [0.05, 0.1) is 18.7 Å². The number of anilines is 1. The number of benzene rings is 4. The Balaban J connectivity index is 1.69. The largest absolute Gasteiger partial charge is 0.493 e. The Bertz CT molecular complexity index is 1430. The van der Waals surface area contributed by atoms with E-state index in [4.69, 9.17) is 38.4 Å². The first kappa shape index (κ1) is 26.9. The number of carbonyl (C=O) groups excluding carboxylic acids is 1. The van der Waals surface area contributed by atoms with Crippen LogP contribution in [-0.4, -0.2) is 13.0 Å². The minimum Gasteiger partial charge on any atom is -0.493 e. The summed E-state index contributed by atoms with van der Waals surface area (Å²) in [6.07, 6.45) is 0. The van der Waals surface area contributed by atoms with E-state index in [-0.39, 0.29) is 6.61 Å². The van der Waals surface area contributed by atoms with E-state index in [1.54, 1.807) is 60.7 Å². The van der Waals surface area contributed by atoms with Gasteiger partial charge in [-0.2, -0.15) is 5.26 Å². The monoisotopic (exact) mass is 545 g/mol. The molecule has 4 rings (SSSR count). The van der Waals surface area contributed by atoms with E-state index in [2.05, 4.69) is 6.07 Å². The number of hydrogen-bond acceptors (Lipinski definition) is 5. The predicted molar refractivity (Wildman–Crippen MR) is 150 cm³/mol. The third kappa shape index (κ3) is 6.20. The highest BCUT2D eigenvalue weighted by Gasteiger charge is 2.28. The van der Waals surface area contributed by atoms with Crippen molar-refractivity contribution in [3.05, 3.63) is 123 Å². The van der Waals surface area contributed by atoms with E-state index in [1.807, 2.05) is 35.2 Å². The van der Waals surface area contributed by atoms with E-state index in [9.17, 15) is 10.1 Å². The number of nitriles is 1. The molecule has 8 heteroatoms. The quantitative estimate of drug-likeness (QED) is 0.240. The van der Waals surface area contributed by atoms with Crippen LogP contribution >= 0.6 is 23.2 Å². The molecule has 192 valence electrons. The highest BCUT2D eigenvalue weighted by Crippen LogP contribution is 2.36. The number of rotatable bonds is 10. The van der Waals surface area contributed by atoms with Gasteiger partial charge in [-0.05, 0) is 59.7 Å². The first-order chi connectivity index (χ1) is 18.4. The van der Waals surface area contributed by atoms with Crippen molar-refractivity contribution in [2.24, 2.45) is 5.73 Å². The van der Waals surface area contributed by atoms with Gasteiger partial charge in [0.1, 0.15) is 12.6 Å². The van der Waals surface area contributed by atoms with Gasteiger partial charge in [-0.1, -0.05) is 65.7 Å². The Labute approximate surface area is 231 Å². The highest BCUT2D eigenvalue weighted by atomic mass is 35.5. The lowest BCUT2D eigenvalue weighted by molar-refractivity contribution is -0.119. The summed E-state index contributed by atoms with van der Waals surface area (Å²) < 4.78 is 11.6. The van der Waals surface area contributed by atoms with Crippen LogP contribution in [-0.2, 0) is 17.9 Å². The summed E-state index contributed by atoms with van der Waals surface area (Å²) in [5, 5.41) is 10.2. The minimum atomic E-state index is -0.830. The number of nitrogens with zero attached hydrogens (tertiary/aromatic N) is 2. The van der Waals surface area contributed by atoms with Crippen molar-refractivity contribution in [1.29, 1.82) is 5.26 Å². The molecule has 0 aliphatic rings. The molecule has 0 radical (unpaired) electrons. The molecule has 1 amide bonds. The van der Waals surface area contributed by atoms with E-state index >= 15 is 0 Å². The number of hydrogen-bond donors (Lipinski definition) is 1. The summed E-state index contributed by atoms with van der Waals surface area (Å²) in [6.45, 7) is 0.546. The summed E-state index contributed by atoms with van der Waals surface area (Å²) >= 11 is 12.6. The molecule has 0 fully saturated rings. The van der Waals surface area contributed by atoms with Gasteiger partial charge in [0, 0.05) is 27.8 Å². The van der Waals surface area contributed by atoms with Crippen LogP contribution in [0.5, 0.6) is 11.5 Å². The van der Waals surface area contributed by atoms with Crippen LogP contribution in [0.4, 0.5) is 5.69 Å². The molecule has 1 atom stereocenters. The molecule has 0 saturated carbocycles. The first-order valence-corrected chi connectivity index (χ1v) is 12.5. The molecule has 38 heavy (non-hydrogen) atoms. The Morgan fingerprint density at radius 1 is 0.947 bits per heavy atom. The maximum atomic E-state index is 12.9. The second-order valence-corrected chi connectivity index (χ2v) is 9.29. The van der Waals surface area contributed by atoms with Gasteiger partial charge in [-0.3, -0.25) is 4.79 Å². The Morgan fingerprint density at radius 2 is 1.63 bits per heavy atom. The standard InChI is InChI=1S/C30H25Cl2N3O3/c1-37-28-16-22(12-15-27(28)38-19-24-25(31)8-5-9-26(24)32)29(30(34)36)35(18-21-6-3-2-4-7-21)23-13-10-20(17-33)11-14-23/h2-16,29H,18-19H2,1H3,(H2,34,36). The van der Waals surface area contributed by atoms with Crippen molar-refractivity contribution < 1.29 is 14.3 Å². The highest BCUT2D eigenvalue weighted by molar-refractivity contribution is 6.35. The van der Waals surface area contributed by atoms with Crippen LogP contribution in [0.3, 0.4) is 0 Å². The maximum absolute atomic E-state index is 12.9. The van der Waals surface area contributed by atoms with Gasteiger partial charge in [0.15, 0.2) is 11.5 Å². The molecule has 0 aliphatic heterocycles. The molecule has 0 heterocycles. The molecular formula is C30H25Cl2N3O3. The molecule has 4 aromatic carbocycles. The van der Waals surface area contributed by atoms with Crippen LogP contribution in [0.25, 0.3) is 0 Å². The summed E-state index contributed by atoms with van der Waals surface area (Å²) in [6, 6.07) is 28.6. The molecule has 4 aromatic rings. The van der Waals surface area contributed by atoms with Crippen molar-refractivity contribution in [2.75, 3.05) is 12.0 Å². The number of primary amides is 1. The van der Waals surface area contributed by atoms with E-state index < -0.39 is 11.9 Å².